The first kappa shape index (κ1) is 22.8. The molecule has 2 aromatic carbocycles. The van der Waals surface area contributed by atoms with Gasteiger partial charge in [-0.15, -0.1) is 0 Å². The molecule has 0 aliphatic heterocycles. The van der Waals surface area contributed by atoms with Crippen molar-refractivity contribution in [3.8, 4) is 5.75 Å². The average molecular weight is 470 g/mol. The molecule has 0 fully saturated rings. The number of hydrogen-bond donors (Lipinski definition) is 0. The number of esters is 1. The second kappa shape index (κ2) is 9.63. The van der Waals surface area contributed by atoms with Gasteiger partial charge >= 0.3 is 12.1 Å². The van der Waals surface area contributed by atoms with Crippen LogP contribution in [0.15, 0.2) is 91.2 Å². The monoisotopic (exact) mass is 469 g/mol. The number of alkyl halides is 3. The standard InChI is InChI=1S/C26H19ClF3NO2/c27-22-15-20(26(28,29)30)16-31-24(22)19-11-7-10-18(14-19)23(17-8-3-1-4-9-17)25(32)33-21-12-5-2-6-13-21/h1-9,11-16,18,23H,10H2. The maximum absolute atomic E-state index is 13.2. The largest absolute Gasteiger partial charge is 0.426 e. The van der Waals surface area contributed by atoms with E-state index in [4.69, 9.17) is 16.3 Å². The Hall–Kier alpha value is -3.38. The third-order valence-corrected chi connectivity index (χ3v) is 5.63. The minimum absolute atomic E-state index is 0.107. The Kier molecular flexibility index (Phi) is 6.65. The fourth-order valence-corrected chi connectivity index (χ4v) is 4.06. The number of pyridine rings is 1. The van der Waals surface area contributed by atoms with Crippen LogP contribution < -0.4 is 4.74 Å². The van der Waals surface area contributed by atoms with Crippen LogP contribution in [0.3, 0.4) is 0 Å². The van der Waals surface area contributed by atoms with E-state index in [2.05, 4.69) is 4.98 Å². The number of hydrogen-bond acceptors (Lipinski definition) is 3. The van der Waals surface area contributed by atoms with Crippen molar-refractivity contribution >= 4 is 23.1 Å². The van der Waals surface area contributed by atoms with Crippen LogP contribution in [-0.4, -0.2) is 11.0 Å². The van der Waals surface area contributed by atoms with Crippen LogP contribution in [-0.2, 0) is 11.0 Å². The molecular formula is C26H19ClF3NO2. The molecule has 1 heterocycles. The number of para-hydroxylation sites is 1. The van der Waals surface area contributed by atoms with Crippen molar-refractivity contribution in [1.82, 2.24) is 4.98 Å². The minimum atomic E-state index is -4.53. The molecule has 2 atom stereocenters. The van der Waals surface area contributed by atoms with E-state index < -0.39 is 23.6 Å². The lowest BCUT2D eigenvalue weighted by atomic mass is 9.80. The molecule has 0 amide bonds. The molecule has 3 aromatic rings. The number of aromatic nitrogens is 1. The maximum Gasteiger partial charge on any atom is 0.417 e. The zero-order valence-corrected chi connectivity index (χ0v) is 18.1. The maximum atomic E-state index is 13.2. The summed E-state index contributed by atoms with van der Waals surface area (Å²) in [5.41, 5.74) is 0.648. The summed E-state index contributed by atoms with van der Waals surface area (Å²) in [7, 11) is 0. The van der Waals surface area contributed by atoms with Crippen LogP contribution in [0.25, 0.3) is 5.57 Å². The van der Waals surface area contributed by atoms with Gasteiger partial charge in [0.25, 0.3) is 0 Å². The predicted molar refractivity (Wildman–Crippen MR) is 121 cm³/mol. The topological polar surface area (TPSA) is 39.2 Å². The van der Waals surface area contributed by atoms with Gasteiger partial charge in [0.15, 0.2) is 0 Å². The molecule has 3 nitrogen and oxygen atoms in total. The lowest BCUT2D eigenvalue weighted by Crippen LogP contribution is -2.26. The van der Waals surface area contributed by atoms with E-state index in [1.807, 2.05) is 48.6 Å². The number of benzene rings is 2. The van der Waals surface area contributed by atoms with E-state index in [0.29, 0.717) is 17.7 Å². The van der Waals surface area contributed by atoms with Crippen molar-refractivity contribution in [2.24, 2.45) is 5.92 Å². The average Bonchev–Trinajstić information content (AvgIpc) is 2.80. The molecule has 1 aromatic heterocycles. The van der Waals surface area contributed by atoms with Crippen LogP contribution in [0.2, 0.25) is 5.02 Å². The number of carbonyl (C=O) groups excluding carboxylic acids is 1. The van der Waals surface area contributed by atoms with Gasteiger partial charge in [0.1, 0.15) is 5.75 Å². The number of rotatable bonds is 5. The molecule has 168 valence electrons. The third kappa shape index (κ3) is 5.34. The Morgan fingerprint density at radius 1 is 1.06 bits per heavy atom. The molecule has 7 heteroatoms. The summed E-state index contributed by atoms with van der Waals surface area (Å²) in [6, 6.07) is 18.9. The van der Waals surface area contributed by atoms with Crippen molar-refractivity contribution in [1.29, 1.82) is 0 Å². The molecule has 0 spiro atoms. The molecule has 33 heavy (non-hydrogen) atoms. The lowest BCUT2D eigenvalue weighted by molar-refractivity contribution is -0.138. The smallest absolute Gasteiger partial charge is 0.417 e. The van der Waals surface area contributed by atoms with Crippen molar-refractivity contribution in [3.05, 3.63) is 113 Å². The molecule has 0 radical (unpaired) electrons. The Morgan fingerprint density at radius 2 is 1.73 bits per heavy atom. The van der Waals surface area contributed by atoms with Gasteiger partial charge < -0.3 is 4.74 Å². The highest BCUT2D eigenvalue weighted by atomic mass is 35.5. The first-order valence-electron chi connectivity index (χ1n) is 10.3. The summed E-state index contributed by atoms with van der Waals surface area (Å²) in [5.74, 6) is -0.912. The van der Waals surface area contributed by atoms with E-state index in [1.54, 1.807) is 30.3 Å². The second-order valence-corrected chi connectivity index (χ2v) is 8.01. The van der Waals surface area contributed by atoms with Crippen LogP contribution in [0.4, 0.5) is 13.2 Å². The molecule has 0 saturated carbocycles. The number of carbonyl (C=O) groups is 1. The van der Waals surface area contributed by atoms with Gasteiger partial charge in [0.2, 0.25) is 0 Å². The Labute approximate surface area is 194 Å². The minimum Gasteiger partial charge on any atom is -0.426 e. The molecule has 4 rings (SSSR count). The van der Waals surface area contributed by atoms with Crippen LogP contribution >= 0.6 is 11.6 Å². The van der Waals surface area contributed by atoms with Gasteiger partial charge in [0.05, 0.1) is 22.2 Å². The molecule has 0 saturated heterocycles. The highest BCUT2D eigenvalue weighted by molar-refractivity contribution is 6.32. The highest BCUT2D eigenvalue weighted by Crippen LogP contribution is 2.38. The van der Waals surface area contributed by atoms with Crippen LogP contribution in [0, 0.1) is 5.92 Å². The predicted octanol–water partition coefficient (Wildman–Crippen LogP) is 7.10. The quantitative estimate of drug-likeness (QED) is 0.295. The second-order valence-electron chi connectivity index (χ2n) is 7.60. The highest BCUT2D eigenvalue weighted by Gasteiger charge is 2.33. The van der Waals surface area contributed by atoms with Gasteiger partial charge in [-0.3, -0.25) is 9.78 Å². The summed E-state index contributed by atoms with van der Waals surface area (Å²) >= 11 is 6.15. The first-order chi connectivity index (χ1) is 15.8. The fourth-order valence-electron chi connectivity index (χ4n) is 3.79. The van der Waals surface area contributed by atoms with Gasteiger partial charge in [-0.1, -0.05) is 78.4 Å². The summed E-state index contributed by atoms with van der Waals surface area (Å²) in [4.78, 5) is 17.2. The Bertz CT molecular complexity index is 1190. The zero-order chi connectivity index (χ0) is 23.4. The fraction of sp³-hybridized carbons (Fsp3) is 0.154. The van der Waals surface area contributed by atoms with Crippen molar-refractivity contribution in [2.75, 3.05) is 0 Å². The number of allylic oxidation sites excluding steroid dienone is 4. The van der Waals surface area contributed by atoms with E-state index >= 15 is 0 Å². The SMILES string of the molecule is O=C(Oc1ccccc1)C(c1ccccc1)C1C=C(c2ncc(C(F)(F)F)cc2Cl)C=CC1. The van der Waals surface area contributed by atoms with Crippen LogP contribution in [0.1, 0.15) is 29.2 Å². The van der Waals surface area contributed by atoms with Crippen molar-refractivity contribution in [2.45, 2.75) is 18.5 Å². The summed E-state index contributed by atoms with van der Waals surface area (Å²) in [6.07, 6.45) is 2.21. The number of halogens is 4. The van der Waals surface area contributed by atoms with Crippen molar-refractivity contribution in [3.63, 3.8) is 0 Å². The third-order valence-electron chi connectivity index (χ3n) is 5.34. The van der Waals surface area contributed by atoms with E-state index in [-0.39, 0.29) is 16.6 Å². The summed E-state index contributed by atoms with van der Waals surface area (Å²) in [5, 5.41) is -0.107. The molecule has 1 aliphatic rings. The Balaban J connectivity index is 1.68. The van der Waals surface area contributed by atoms with Gasteiger partial charge in [0, 0.05) is 6.20 Å². The van der Waals surface area contributed by atoms with Crippen molar-refractivity contribution < 1.29 is 22.7 Å². The molecular weight excluding hydrogens is 451 g/mol. The van der Waals surface area contributed by atoms with E-state index in [9.17, 15) is 18.0 Å². The Morgan fingerprint density at radius 3 is 2.36 bits per heavy atom. The van der Waals surface area contributed by atoms with Gasteiger partial charge in [-0.25, -0.2) is 0 Å². The summed E-state index contributed by atoms with van der Waals surface area (Å²) < 4.78 is 44.6. The van der Waals surface area contributed by atoms with Gasteiger partial charge in [-0.2, -0.15) is 13.2 Å². The van der Waals surface area contributed by atoms with E-state index in [0.717, 1.165) is 17.8 Å². The molecule has 0 bridgehead atoms. The number of ether oxygens (including phenoxy) is 1. The normalized spacial score (nSPS) is 16.7. The molecule has 0 N–H and O–H groups in total. The number of nitrogens with zero attached hydrogens (tertiary/aromatic N) is 1. The first-order valence-corrected chi connectivity index (χ1v) is 10.6. The molecule has 1 aliphatic carbocycles. The van der Waals surface area contributed by atoms with E-state index in [1.165, 1.54) is 0 Å². The lowest BCUT2D eigenvalue weighted by Gasteiger charge is -2.26. The van der Waals surface area contributed by atoms with Gasteiger partial charge in [-0.05, 0) is 41.7 Å². The summed E-state index contributed by atoms with van der Waals surface area (Å²) in [6.45, 7) is 0. The zero-order valence-electron chi connectivity index (χ0n) is 17.3. The van der Waals surface area contributed by atoms with Crippen LogP contribution in [0.5, 0.6) is 5.75 Å². The molecule has 2 unspecified atom stereocenters.